The average molecular weight is 283 g/mol. The van der Waals surface area contributed by atoms with Crippen molar-refractivity contribution in [3.63, 3.8) is 0 Å². The van der Waals surface area contributed by atoms with E-state index in [0.29, 0.717) is 5.69 Å². The van der Waals surface area contributed by atoms with E-state index in [4.69, 9.17) is 0 Å². The van der Waals surface area contributed by atoms with Crippen molar-refractivity contribution in [1.29, 1.82) is 0 Å². The Bertz CT molecular complexity index is 936. The fraction of sp³-hybridized carbons (Fsp3) is 0. The molecule has 0 bridgehead atoms. The Kier molecular flexibility index (Phi) is 2.94. The van der Waals surface area contributed by atoms with Crippen molar-refractivity contribution in [2.75, 3.05) is 0 Å². The molecule has 0 unspecified atom stereocenters. The van der Waals surface area contributed by atoms with Crippen LogP contribution < -0.4 is 0 Å². The lowest BCUT2D eigenvalue weighted by Gasteiger charge is -2.10. The van der Waals surface area contributed by atoms with Gasteiger partial charge in [-0.25, -0.2) is 0 Å². The van der Waals surface area contributed by atoms with Crippen molar-refractivity contribution in [3.8, 4) is 0 Å². The van der Waals surface area contributed by atoms with Gasteiger partial charge >= 0.3 is 0 Å². The largest absolute Gasteiger partial charge is 0.287 e. The number of carbonyl (C=O) groups excluding carboxylic acids is 1. The van der Waals surface area contributed by atoms with E-state index >= 15 is 0 Å². The topological polar surface area (TPSA) is 30.0 Å². The fourth-order valence-electron chi connectivity index (χ4n) is 2.88. The molecule has 0 amide bonds. The standard InChI is InChI=1S/C20H13NO/c22-20(18-11-5-6-12-21-18)19-16-9-3-1-7-14(16)13-15-8-2-4-10-17(15)19/h1-13H. The Morgan fingerprint density at radius 1 is 0.727 bits per heavy atom. The SMILES string of the molecule is O=C(c1ccccn1)c1c2ccccc2cc2ccccc12. The molecule has 0 atom stereocenters. The summed E-state index contributed by atoms with van der Waals surface area (Å²) in [4.78, 5) is 17.2. The Balaban J connectivity index is 2.11. The molecule has 2 nitrogen and oxygen atoms in total. The highest BCUT2D eigenvalue weighted by molar-refractivity contribution is 6.23. The van der Waals surface area contributed by atoms with Crippen LogP contribution in [0.5, 0.6) is 0 Å². The van der Waals surface area contributed by atoms with Gasteiger partial charge in [0.2, 0.25) is 5.78 Å². The first-order valence-electron chi connectivity index (χ1n) is 7.21. The van der Waals surface area contributed by atoms with Gasteiger partial charge in [-0.2, -0.15) is 0 Å². The number of hydrogen-bond donors (Lipinski definition) is 0. The quantitative estimate of drug-likeness (QED) is 0.397. The molecule has 0 aliphatic heterocycles. The Labute approximate surface area is 128 Å². The summed E-state index contributed by atoms with van der Waals surface area (Å²) < 4.78 is 0. The molecular weight excluding hydrogens is 270 g/mol. The Morgan fingerprint density at radius 2 is 1.32 bits per heavy atom. The number of rotatable bonds is 2. The van der Waals surface area contributed by atoms with Gasteiger partial charge in [0.1, 0.15) is 5.69 Å². The third-order valence-corrected chi connectivity index (χ3v) is 3.90. The van der Waals surface area contributed by atoms with Crippen molar-refractivity contribution >= 4 is 27.3 Å². The number of aromatic nitrogens is 1. The zero-order chi connectivity index (χ0) is 14.9. The van der Waals surface area contributed by atoms with Gasteiger partial charge in [0.25, 0.3) is 0 Å². The summed E-state index contributed by atoms with van der Waals surface area (Å²) in [6.45, 7) is 0. The second-order valence-corrected chi connectivity index (χ2v) is 5.24. The van der Waals surface area contributed by atoms with Crippen LogP contribution in [-0.4, -0.2) is 10.8 Å². The van der Waals surface area contributed by atoms with Crippen LogP contribution in [0.3, 0.4) is 0 Å². The van der Waals surface area contributed by atoms with Crippen molar-refractivity contribution in [1.82, 2.24) is 4.98 Å². The number of ketones is 1. The molecule has 0 saturated carbocycles. The summed E-state index contributed by atoms with van der Waals surface area (Å²) in [6, 6.07) is 23.5. The summed E-state index contributed by atoms with van der Waals surface area (Å²) >= 11 is 0. The highest BCUT2D eigenvalue weighted by atomic mass is 16.1. The predicted molar refractivity (Wildman–Crippen MR) is 89.1 cm³/mol. The van der Waals surface area contributed by atoms with E-state index in [1.807, 2.05) is 60.7 Å². The van der Waals surface area contributed by atoms with Gasteiger partial charge < -0.3 is 0 Å². The van der Waals surface area contributed by atoms with Crippen LogP contribution >= 0.6 is 0 Å². The number of hydrogen-bond acceptors (Lipinski definition) is 2. The predicted octanol–water partition coefficient (Wildman–Crippen LogP) is 4.62. The molecule has 4 rings (SSSR count). The highest BCUT2D eigenvalue weighted by Crippen LogP contribution is 2.29. The number of nitrogens with zero attached hydrogens (tertiary/aromatic N) is 1. The second-order valence-electron chi connectivity index (χ2n) is 5.24. The molecule has 104 valence electrons. The monoisotopic (exact) mass is 283 g/mol. The summed E-state index contributed by atoms with van der Waals surface area (Å²) in [7, 11) is 0. The zero-order valence-electron chi connectivity index (χ0n) is 11.9. The van der Waals surface area contributed by atoms with Crippen LogP contribution in [-0.2, 0) is 0 Å². The van der Waals surface area contributed by atoms with Crippen LogP contribution in [0.4, 0.5) is 0 Å². The van der Waals surface area contributed by atoms with Gasteiger partial charge in [0.15, 0.2) is 0 Å². The maximum atomic E-state index is 13.0. The van der Waals surface area contributed by atoms with E-state index in [1.54, 1.807) is 12.3 Å². The number of benzene rings is 3. The maximum absolute atomic E-state index is 13.0. The minimum atomic E-state index is -0.0337. The maximum Gasteiger partial charge on any atom is 0.212 e. The molecule has 0 fully saturated rings. The summed E-state index contributed by atoms with van der Waals surface area (Å²) in [5.74, 6) is -0.0337. The molecule has 0 aliphatic rings. The lowest BCUT2D eigenvalue weighted by Crippen LogP contribution is -2.05. The number of pyridine rings is 1. The van der Waals surface area contributed by atoms with E-state index in [-0.39, 0.29) is 5.78 Å². The van der Waals surface area contributed by atoms with Gasteiger partial charge in [-0.1, -0.05) is 54.6 Å². The molecular formula is C20H13NO. The molecule has 0 spiro atoms. The first kappa shape index (κ1) is 12.7. The molecule has 0 aliphatic carbocycles. The molecule has 0 N–H and O–H groups in total. The number of fused-ring (bicyclic) bond motifs is 2. The van der Waals surface area contributed by atoms with Crippen LogP contribution in [0, 0.1) is 0 Å². The Morgan fingerprint density at radius 3 is 1.91 bits per heavy atom. The first-order chi connectivity index (χ1) is 10.8. The van der Waals surface area contributed by atoms with E-state index in [9.17, 15) is 4.79 Å². The smallest absolute Gasteiger partial charge is 0.212 e. The van der Waals surface area contributed by atoms with Crippen LogP contribution in [0.1, 0.15) is 16.1 Å². The molecule has 1 heterocycles. The van der Waals surface area contributed by atoms with Crippen LogP contribution in [0.25, 0.3) is 21.5 Å². The molecule has 0 saturated heterocycles. The van der Waals surface area contributed by atoms with Crippen molar-refractivity contribution in [2.45, 2.75) is 0 Å². The summed E-state index contributed by atoms with van der Waals surface area (Å²) in [5, 5.41) is 4.08. The lowest BCUT2D eigenvalue weighted by molar-refractivity contribution is 0.103. The molecule has 3 aromatic carbocycles. The van der Waals surface area contributed by atoms with Crippen molar-refractivity contribution < 1.29 is 4.79 Å². The molecule has 22 heavy (non-hydrogen) atoms. The van der Waals surface area contributed by atoms with Gasteiger partial charge in [0.05, 0.1) is 0 Å². The van der Waals surface area contributed by atoms with Crippen molar-refractivity contribution in [2.24, 2.45) is 0 Å². The van der Waals surface area contributed by atoms with Crippen LogP contribution in [0.15, 0.2) is 79.0 Å². The average Bonchev–Trinajstić information content (AvgIpc) is 2.60. The lowest BCUT2D eigenvalue weighted by atomic mass is 9.93. The first-order valence-corrected chi connectivity index (χ1v) is 7.21. The van der Waals surface area contributed by atoms with E-state index < -0.39 is 0 Å². The fourth-order valence-corrected chi connectivity index (χ4v) is 2.88. The normalized spacial score (nSPS) is 10.9. The molecule has 4 aromatic rings. The molecule has 0 radical (unpaired) electrons. The van der Waals surface area contributed by atoms with Crippen LogP contribution in [0.2, 0.25) is 0 Å². The second kappa shape index (κ2) is 5.08. The van der Waals surface area contributed by atoms with E-state index in [2.05, 4.69) is 11.1 Å². The summed E-state index contributed by atoms with van der Waals surface area (Å²) in [6.07, 6.45) is 1.65. The van der Waals surface area contributed by atoms with Gasteiger partial charge in [-0.3, -0.25) is 9.78 Å². The molecule has 1 aromatic heterocycles. The van der Waals surface area contributed by atoms with Crippen molar-refractivity contribution in [3.05, 3.63) is 90.3 Å². The minimum absolute atomic E-state index is 0.0337. The third-order valence-electron chi connectivity index (χ3n) is 3.90. The summed E-state index contributed by atoms with van der Waals surface area (Å²) in [5.41, 5.74) is 1.21. The zero-order valence-corrected chi connectivity index (χ0v) is 11.9. The minimum Gasteiger partial charge on any atom is -0.287 e. The van der Waals surface area contributed by atoms with Gasteiger partial charge in [-0.15, -0.1) is 0 Å². The molecule has 2 heteroatoms. The number of carbonyl (C=O) groups is 1. The van der Waals surface area contributed by atoms with E-state index in [0.717, 1.165) is 27.1 Å². The van der Waals surface area contributed by atoms with E-state index in [1.165, 1.54) is 0 Å². The van der Waals surface area contributed by atoms with Gasteiger partial charge in [-0.05, 0) is 39.7 Å². The highest BCUT2D eigenvalue weighted by Gasteiger charge is 2.17. The Hall–Kier alpha value is -3.00. The van der Waals surface area contributed by atoms with Gasteiger partial charge in [0, 0.05) is 11.8 Å². The third kappa shape index (κ3) is 1.97.